The predicted molar refractivity (Wildman–Crippen MR) is 75.8 cm³/mol. The minimum atomic E-state index is -1.32. The van der Waals surface area contributed by atoms with Crippen molar-refractivity contribution in [1.29, 1.82) is 0 Å². The van der Waals surface area contributed by atoms with E-state index in [4.69, 9.17) is 11.6 Å². The van der Waals surface area contributed by atoms with Crippen LogP contribution in [0.15, 0.2) is 24.3 Å². The molecule has 0 aromatic heterocycles. The van der Waals surface area contributed by atoms with Crippen LogP contribution in [0.4, 0.5) is 5.69 Å². The Bertz CT molecular complexity index is 547. The van der Waals surface area contributed by atoms with Gasteiger partial charge >= 0.3 is 0 Å². The van der Waals surface area contributed by atoms with Crippen molar-refractivity contribution < 1.29 is 14.5 Å². The number of hydrogen-bond acceptors (Lipinski definition) is 4. The number of anilines is 1. The fourth-order valence-electron chi connectivity index (χ4n) is 1.76. The van der Waals surface area contributed by atoms with Gasteiger partial charge in [0.1, 0.15) is 5.41 Å². The van der Waals surface area contributed by atoms with Crippen molar-refractivity contribution in [2.24, 2.45) is 5.41 Å². The van der Waals surface area contributed by atoms with Crippen LogP contribution >= 0.6 is 11.6 Å². The summed E-state index contributed by atoms with van der Waals surface area (Å²) >= 11 is 5.74. The van der Waals surface area contributed by atoms with Gasteiger partial charge in [-0.2, -0.15) is 0 Å². The van der Waals surface area contributed by atoms with Crippen LogP contribution in [-0.2, 0) is 4.79 Å². The summed E-state index contributed by atoms with van der Waals surface area (Å²) in [6, 6.07) is 6.36. The average molecular weight is 299 g/mol. The van der Waals surface area contributed by atoms with Gasteiger partial charge in [0.15, 0.2) is 5.78 Å². The van der Waals surface area contributed by atoms with Crippen LogP contribution in [0.2, 0.25) is 0 Å². The number of para-hydroxylation sites is 1. The van der Waals surface area contributed by atoms with E-state index >= 15 is 0 Å². The van der Waals surface area contributed by atoms with E-state index in [-0.39, 0.29) is 17.4 Å². The zero-order valence-electron chi connectivity index (χ0n) is 11.2. The van der Waals surface area contributed by atoms with Crippen molar-refractivity contribution in [2.45, 2.75) is 13.8 Å². The molecule has 6 nitrogen and oxygen atoms in total. The van der Waals surface area contributed by atoms with Crippen molar-refractivity contribution in [3.63, 3.8) is 0 Å². The molecule has 1 unspecified atom stereocenters. The van der Waals surface area contributed by atoms with Gasteiger partial charge in [-0.15, -0.1) is 11.6 Å². The Balaban J connectivity index is 3.19. The minimum Gasteiger partial charge on any atom is -0.326 e. The van der Waals surface area contributed by atoms with Crippen molar-refractivity contribution >= 4 is 29.0 Å². The molecular formula is C13H15ClN2O4. The number of hydrogen-bond donors (Lipinski definition) is 1. The summed E-state index contributed by atoms with van der Waals surface area (Å²) in [5.74, 6) is -0.970. The molecule has 0 bridgehead atoms. The highest BCUT2D eigenvalue weighted by atomic mass is 35.5. The molecule has 1 aromatic rings. The molecule has 0 aliphatic carbocycles. The monoisotopic (exact) mass is 298 g/mol. The summed E-state index contributed by atoms with van der Waals surface area (Å²) in [7, 11) is 0. The molecule has 1 amide bonds. The zero-order valence-corrected chi connectivity index (χ0v) is 11.9. The van der Waals surface area contributed by atoms with Crippen LogP contribution < -0.4 is 5.32 Å². The Morgan fingerprint density at radius 3 is 2.50 bits per heavy atom. The van der Waals surface area contributed by atoms with Crippen molar-refractivity contribution in [1.82, 2.24) is 0 Å². The molecule has 0 spiro atoms. The second-order valence-corrected chi connectivity index (χ2v) is 5.01. The Morgan fingerprint density at radius 1 is 1.40 bits per heavy atom. The molecule has 0 saturated heterocycles. The molecule has 0 aliphatic rings. The van der Waals surface area contributed by atoms with E-state index in [1.54, 1.807) is 18.2 Å². The van der Waals surface area contributed by atoms with Gasteiger partial charge in [-0.25, -0.2) is 0 Å². The third kappa shape index (κ3) is 3.77. The van der Waals surface area contributed by atoms with Crippen LogP contribution in [0.5, 0.6) is 0 Å². The Labute approximate surface area is 121 Å². The van der Waals surface area contributed by atoms with Gasteiger partial charge < -0.3 is 5.32 Å². The molecule has 1 rings (SSSR count). The normalized spacial score (nSPS) is 13.3. The first kappa shape index (κ1) is 16.1. The number of nitrogens with zero attached hydrogens (tertiary/aromatic N) is 1. The van der Waals surface area contributed by atoms with Gasteiger partial charge in [-0.1, -0.05) is 12.1 Å². The lowest BCUT2D eigenvalue weighted by atomic mass is 9.83. The number of halogens is 1. The predicted octanol–water partition coefficient (Wildman–Crippen LogP) is 2.35. The standard InChI is InChI=1S/C13H15ClN2O4/c1-9(17)15-11-6-4-3-5-10(11)12(18)13(2,7-14)8-16(19)20/h3-6H,7-8H2,1-2H3,(H,15,17). The number of rotatable bonds is 6. The second-order valence-electron chi connectivity index (χ2n) is 4.74. The van der Waals surface area contributed by atoms with Gasteiger partial charge in [0.2, 0.25) is 12.5 Å². The van der Waals surface area contributed by atoms with E-state index in [0.29, 0.717) is 5.69 Å². The number of alkyl halides is 1. The molecule has 0 saturated carbocycles. The van der Waals surface area contributed by atoms with Gasteiger partial charge in [-0.3, -0.25) is 19.7 Å². The third-order valence-corrected chi connectivity index (χ3v) is 3.39. The highest BCUT2D eigenvalue weighted by Gasteiger charge is 2.39. The first-order valence-corrected chi connectivity index (χ1v) is 6.43. The molecule has 1 aromatic carbocycles. The summed E-state index contributed by atoms with van der Waals surface area (Å²) in [6.45, 7) is 2.19. The number of nitrogens with one attached hydrogen (secondary N) is 1. The Morgan fingerprint density at radius 2 is 2.00 bits per heavy atom. The van der Waals surface area contributed by atoms with Gasteiger partial charge in [0, 0.05) is 23.3 Å². The number of carbonyl (C=O) groups is 2. The molecule has 0 fully saturated rings. The summed E-state index contributed by atoms with van der Waals surface area (Å²) in [5.41, 5.74) is -0.781. The summed E-state index contributed by atoms with van der Waals surface area (Å²) in [5, 5.41) is 13.2. The lowest BCUT2D eigenvalue weighted by molar-refractivity contribution is -0.491. The second kappa shape index (κ2) is 6.47. The first-order valence-electron chi connectivity index (χ1n) is 5.89. The van der Waals surface area contributed by atoms with E-state index in [1.807, 2.05) is 0 Å². The highest BCUT2D eigenvalue weighted by molar-refractivity contribution is 6.21. The van der Waals surface area contributed by atoms with Gasteiger partial charge in [0.05, 0.1) is 5.69 Å². The van der Waals surface area contributed by atoms with Crippen LogP contribution in [-0.4, -0.2) is 29.0 Å². The summed E-state index contributed by atoms with van der Waals surface area (Å²) in [4.78, 5) is 33.8. The van der Waals surface area contributed by atoms with E-state index in [2.05, 4.69) is 5.32 Å². The Kier molecular flexibility index (Phi) is 5.21. The zero-order chi connectivity index (χ0) is 15.3. The fourth-order valence-corrected chi connectivity index (χ4v) is 1.97. The van der Waals surface area contributed by atoms with Gasteiger partial charge in [0.25, 0.3) is 0 Å². The number of benzene rings is 1. The maximum absolute atomic E-state index is 12.5. The number of amides is 1. The smallest absolute Gasteiger partial charge is 0.221 e. The largest absolute Gasteiger partial charge is 0.326 e. The van der Waals surface area contributed by atoms with Crippen LogP contribution in [0.3, 0.4) is 0 Å². The maximum atomic E-state index is 12.5. The lowest BCUT2D eigenvalue weighted by Crippen LogP contribution is -2.37. The topological polar surface area (TPSA) is 89.3 Å². The van der Waals surface area contributed by atoms with Gasteiger partial charge in [-0.05, 0) is 19.1 Å². The van der Waals surface area contributed by atoms with Crippen LogP contribution in [0, 0.1) is 15.5 Å². The summed E-state index contributed by atoms with van der Waals surface area (Å²) in [6.07, 6.45) is 0. The molecule has 0 aliphatic heterocycles. The average Bonchev–Trinajstić information content (AvgIpc) is 2.37. The van der Waals surface area contributed by atoms with E-state index in [0.717, 1.165) is 0 Å². The van der Waals surface area contributed by atoms with Crippen LogP contribution in [0.25, 0.3) is 0 Å². The highest BCUT2D eigenvalue weighted by Crippen LogP contribution is 2.28. The van der Waals surface area contributed by atoms with E-state index < -0.39 is 22.7 Å². The van der Waals surface area contributed by atoms with Crippen molar-refractivity contribution in [3.8, 4) is 0 Å². The quantitative estimate of drug-likeness (QED) is 0.378. The lowest BCUT2D eigenvalue weighted by Gasteiger charge is -2.22. The van der Waals surface area contributed by atoms with Crippen LogP contribution in [0.1, 0.15) is 24.2 Å². The molecule has 1 atom stereocenters. The van der Waals surface area contributed by atoms with E-state index in [9.17, 15) is 19.7 Å². The minimum absolute atomic E-state index is 0.179. The van der Waals surface area contributed by atoms with Crippen molar-refractivity contribution in [2.75, 3.05) is 17.7 Å². The molecule has 7 heteroatoms. The fraction of sp³-hybridized carbons (Fsp3) is 0.385. The molecule has 0 heterocycles. The summed E-state index contributed by atoms with van der Waals surface area (Å²) < 4.78 is 0. The molecule has 20 heavy (non-hydrogen) atoms. The maximum Gasteiger partial charge on any atom is 0.221 e. The first-order chi connectivity index (χ1) is 9.30. The number of ketones is 1. The number of carbonyl (C=O) groups excluding carboxylic acids is 2. The molecular weight excluding hydrogens is 284 g/mol. The molecule has 0 radical (unpaired) electrons. The molecule has 1 N–H and O–H groups in total. The van der Waals surface area contributed by atoms with Crippen molar-refractivity contribution in [3.05, 3.63) is 39.9 Å². The third-order valence-electron chi connectivity index (χ3n) is 2.80. The Hall–Kier alpha value is -1.95. The molecule has 108 valence electrons. The number of nitro groups is 1. The SMILES string of the molecule is CC(=O)Nc1ccccc1C(=O)C(C)(CCl)C[N+](=O)[O-]. The van der Waals surface area contributed by atoms with E-state index in [1.165, 1.54) is 19.9 Å². The number of Topliss-reactive ketones (excluding diaryl/α,β-unsaturated/α-hetero) is 1.